The molecule has 0 aliphatic rings. The van der Waals surface area contributed by atoms with Crippen LogP contribution in [-0.4, -0.2) is 0 Å². The van der Waals surface area contributed by atoms with Gasteiger partial charge in [0, 0.05) is 9.50 Å². The van der Waals surface area contributed by atoms with Crippen molar-refractivity contribution in [2.75, 3.05) is 5.32 Å². The Morgan fingerprint density at radius 3 is 2.67 bits per heavy atom. The molecule has 0 unspecified atom stereocenters. The number of nitriles is 1. The third-order valence-corrected chi connectivity index (χ3v) is 3.22. The van der Waals surface area contributed by atoms with E-state index in [4.69, 9.17) is 16.9 Å². The zero-order valence-electron chi connectivity index (χ0n) is 9.05. The van der Waals surface area contributed by atoms with Gasteiger partial charge >= 0.3 is 0 Å². The maximum atomic E-state index is 13.4. The van der Waals surface area contributed by atoms with Crippen molar-refractivity contribution < 1.29 is 4.39 Å². The minimum absolute atomic E-state index is 0.0145. The van der Waals surface area contributed by atoms with Crippen LogP contribution in [-0.2, 0) is 0 Å². The zero-order valence-corrected chi connectivity index (χ0v) is 11.4. The summed E-state index contributed by atoms with van der Waals surface area (Å²) in [5, 5.41) is 12.5. The molecule has 0 saturated carbocycles. The van der Waals surface area contributed by atoms with Crippen LogP contribution in [0.4, 0.5) is 15.8 Å². The molecule has 2 aromatic rings. The van der Waals surface area contributed by atoms with E-state index in [0.29, 0.717) is 16.4 Å². The summed E-state index contributed by atoms with van der Waals surface area (Å²) in [6.45, 7) is 0. The Hall–Kier alpha value is -1.57. The van der Waals surface area contributed by atoms with Crippen molar-refractivity contribution in [2.24, 2.45) is 0 Å². The molecule has 0 heterocycles. The maximum Gasteiger partial charge on any atom is 0.143 e. The van der Waals surface area contributed by atoms with Gasteiger partial charge in [0.2, 0.25) is 0 Å². The Balaban J connectivity index is 2.41. The van der Waals surface area contributed by atoms with Crippen LogP contribution in [0.3, 0.4) is 0 Å². The molecule has 0 aliphatic carbocycles. The number of hydrogen-bond acceptors (Lipinski definition) is 2. The molecule has 90 valence electrons. The second-order valence-corrected chi connectivity index (χ2v) is 4.81. The molecular weight excluding hydrogens is 319 g/mol. The van der Waals surface area contributed by atoms with E-state index in [0.717, 1.165) is 4.47 Å². The first-order chi connectivity index (χ1) is 8.61. The van der Waals surface area contributed by atoms with Gasteiger partial charge in [-0.1, -0.05) is 17.7 Å². The van der Waals surface area contributed by atoms with E-state index in [1.807, 2.05) is 6.07 Å². The molecule has 0 atom stereocenters. The molecule has 5 heteroatoms. The predicted octanol–water partition coefficient (Wildman–Crippen LogP) is 4.86. The lowest BCUT2D eigenvalue weighted by Gasteiger charge is -2.10. The Morgan fingerprint density at radius 1 is 1.22 bits per heavy atom. The topological polar surface area (TPSA) is 35.8 Å². The van der Waals surface area contributed by atoms with Crippen LogP contribution in [0.2, 0.25) is 5.02 Å². The lowest BCUT2D eigenvalue weighted by Crippen LogP contribution is -1.96. The van der Waals surface area contributed by atoms with Crippen molar-refractivity contribution in [3.63, 3.8) is 0 Å². The van der Waals surface area contributed by atoms with Gasteiger partial charge in [-0.25, -0.2) is 4.39 Å². The standard InChI is InChI=1S/C13H7BrClFN2/c14-10-6-8(15)4-5-13(10)18-12-3-1-2-11(16)9(12)7-17/h1-6,18H. The van der Waals surface area contributed by atoms with E-state index in [2.05, 4.69) is 21.2 Å². The highest BCUT2D eigenvalue weighted by molar-refractivity contribution is 9.10. The Kier molecular flexibility index (Phi) is 3.85. The van der Waals surface area contributed by atoms with E-state index in [1.54, 1.807) is 30.3 Å². The summed E-state index contributed by atoms with van der Waals surface area (Å²) < 4.78 is 14.2. The van der Waals surface area contributed by atoms with Crippen LogP contribution in [0.15, 0.2) is 40.9 Å². The maximum absolute atomic E-state index is 13.4. The molecule has 2 rings (SSSR count). The highest BCUT2D eigenvalue weighted by Crippen LogP contribution is 2.30. The molecule has 2 aromatic carbocycles. The van der Waals surface area contributed by atoms with Gasteiger partial charge in [-0.15, -0.1) is 0 Å². The molecule has 0 spiro atoms. The highest BCUT2D eigenvalue weighted by atomic mass is 79.9. The summed E-state index contributed by atoms with van der Waals surface area (Å²) in [4.78, 5) is 0. The fraction of sp³-hybridized carbons (Fsp3) is 0. The summed E-state index contributed by atoms with van der Waals surface area (Å²) in [5.74, 6) is -0.549. The SMILES string of the molecule is N#Cc1c(F)cccc1Nc1ccc(Cl)cc1Br. The van der Waals surface area contributed by atoms with E-state index < -0.39 is 5.82 Å². The molecule has 0 amide bonds. The molecule has 0 aliphatic heterocycles. The first-order valence-corrected chi connectivity index (χ1v) is 6.19. The Bertz CT molecular complexity index is 637. The number of halogens is 3. The lowest BCUT2D eigenvalue weighted by atomic mass is 10.1. The fourth-order valence-corrected chi connectivity index (χ4v) is 2.26. The van der Waals surface area contributed by atoms with Crippen LogP contribution < -0.4 is 5.32 Å². The molecular formula is C13H7BrClFN2. The van der Waals surface area contributed by atoms with Crippen molar-refractivity contribution in [1.82, 2.24) is 0 Å². The van der Waals surface area contributed by atoms with Gasteiger partial charge in [0.15, 0.2) is 0 Å². The number of benzene rings is 2. The van der Waals surface area contributed by atoms with Gasteiger partial charge in [-0.05, 0) is 46.3 Å². The van der Waals surface area contributed by atoms with Gasteiger partial charge in [-0.2, -0.15) is 5.26 Å². The second kappa shape index (κ2) is 5.38. The average Bonchev–Trinajstić information content (AvgIpc) is 2.33. The first-order valence-electron chi connectivity index (χ1n) is 5.02. The molecule has 0 saturated heterocycles. The molecule has 1 N–H and O–H groups in total. The van der Waals surface area contributed by atoms with Crippen LogP contribution in [0.1, 0.15) is 5.56 Å². The number of anilines is 2. The summed E-state index contributed by atoms with van der Waals surface area (Å²) in [7, 11) is 0. The summed E-state index contributed by atoms with van der Waals surface area (Å²) >= 11 is 9.18. The quantitative estimate of drug-likeness (QED) is 0.856. The third kappa shape index (κ3) is 2.63. The van der Waals surface area contributed by atoms with Crippen molar-refractivity contribution in [3.8, 4) is 6.07 Å². The smallest absolute Gasteiger partial charge is 0.143 e. The highest BCUT2D eigenvalue weighted by Gasteiger charge is 2.09. The normalized spacial score (nSPS) is 9.89. The summed E-state index contributed by atoms with van der Waals surface area (Å²) in [6.07, 6.45) is 0. The summed E-state index contributed by atoms with van der Waals surface area (Å²) in [6, 6.07) is 11.4. The van der Waals surface area contributed by atoms with Crippen LogP contribution in [0.5, 0.6) is 0 Å². The number of nitrogens with one attached hydrogen (secondary N) is 1. The first kappa shape index (κ1) is 12.9. The van der Waals surface area contributed by atoms with Crippen molar-refractivity contribution in [3.05, 3.63) is 57.3 Å². The van der Waals surface area contributed by atoms with E-state index in [-0.39, 0.29) is 5.56 Å². The van der Waals surface area contributed by atoms with Gasteiger partial charge in [-0.3, -0.25) is 0 Å². The fourth-order valence-electron chi connectivity index (χ4n) is 1.48. The summed E-state index contributed by atoms with van der Waals surface area (Å²) in [5.41, 5.74) is 1.11. The van der Waals surface area contributed by atoms with Crippen molar-refractivity contribution in [1.29, 1.82) is 5.26 Å². The van der Waals surface area contributed by atoms with E-state index >= 15 is 0 Å². The van der Waals surface area contributed by atoms with E-state index in [9.17, 15) is 4.39 Å². The molecule has 2 nitrogen and oxygen atoms in total. The van der Waals surface area contributed by atoms with Crippen LogP contribution in [0, 0.1) is 17.1 Å². The van der Waals surface area contributed by atoms with E-state index in [1.165, 1.54) is 6.07 Å². The Morgan fingerprint density at radius 2 is 2.00 bits per heavy atom. The predicted molar refractivity (Wildman–Crippen MR) is 73.5 cm³/mol. The van der Waals surface area contributed by atoms with Gasteiger partial charge in [0.05, 0.1) is 11.4 Å². The monoisotopic (exact) mass is 324 g/mol. The number of rotatable bonds is 2. The largest absolute Gasteiger partial charge is 0.353 e. The molecule has 0 radical (unpaired) electrons. The second-order valence-electron chi connectivity index (χ2n) is 3.52. The minimum Gasteiger partial charge on any atom is -0.353 e. The van der Waals surface area contributed by atoms with Gasteiger partial charge in [0.25, 0.3) is 0 Å². The van der Waals surface area contributed by atoms with Crippen molar-refractivity contribution >= 4 is 38.9 Å². The molecule has 18 heavy (non-hydrogen) atoms. The van der Waals surface area contributed by atoms with Crippen LogP contribution in [0.25, 0.3) is 0 Å². The zero-order chi connectivity index (χ0) is 13.1. The Labute approximate surface area is 117 Å². The van der Waals surface area contributed by atoms with Crippen LogP contribution >= 0.6 is 27.5 Å². The van der Waals surface area contributed by atoms with Gasteiger partial charge in [0.1, 0.15) is 17.4 Å². The lowest BCUT2D eigenvalue weighted by molar-refractivity contribution is 0.624. The number of nitrogens with zero attached hydrogens (tertiary/aromatic N) is 1. The molecule has 0 aromatic heterocycles. The number of hydrogen-bond donors (Lipinski definition) is 1. The van der Waals surface area contributed by atoms with Gasteiger partial charge < -0.3 is 5.32 Å². The third-order valence-electron chi connectivity index (χ3n) is 2.33. The average molecular weight is 326 g/mol. The minimum atomic E-state index is -0.549. The molecule has 0 fully saturated rings. The van der Waals surface area contributed by atoms with Crippen molar-refractivity contribution in [2.45, 2.75) is 0 Å². The molecule has 0 bridgehead atoms.